The fraction of sp³-hybridized carbons (Fsp3) is 0.333. The van der Waals surface area contributed by atoms with Crippen molar-refractivity contribution in [3.05, 3.63) is 56.2 Å². The molecule has 0 atom stereocenters. The smallest absolute Gasteiger partial charge is 0.303 e. The molecule has 0 aliphatic heterocycles. The van der Waals surface area contributed by atoms with Crippen LogP contribution in [0.15, 0.2) is 39.0 Å². The number of hydrogen-bond acceptors (Lipinski definition) is 5. The number of hydrogen-bond donors (Lipinski definition) is 2. The number of hydrazone groups is 1. The average Bonchev–Trinajstić information content (AvgIpc) is 2.99. The molecule has 0 fully saturated rings. The second-order valence-electron chi connectivity index (χ2n) is 6.21. The molecule has 3 rings (SSSR count). The number of aromatic nitrogens is 4. The molecule has 1 aromatic carbocycles. The first-order chi connectivity index (χ1) is 12.5. The molecule has 8 heteroatoms. The summed E-state index contributed by atoms with van der Waals surface area (Å²) in [5.41, 5.74) is 4.80. The number of rotatable bonds is 6. The molecule has 2 heterocycles. The number of benzene rings is 1. The molecule has 0 spiro atoms. The number of anilines is 1. The maximum absolute atomic E-state index is 12.3. The Morgan fingerprint density at radius 3 is 2.69 bits per heavy atom. The molecule has 26 heavy (non-hydrogen) atoms. The Balaban J connectivity index is 1.99. The number of nitrogens with zero attached hydrogens (tertiary/aromatic N) is 4. The highest BCUT2D eigenvalue weighted by atomic mass is 16.2. The normalized spacial score (nSPS) is 11.5. The van der Waals surface area contributed by atoms with Gasteiger partial charge in [-0.05, 0) is 18.9 Å². The Kier molecular flexibility index (Phi) is 5.01. The molecule has 0 aliphatic carbocycles. The summed E-state index contributed by atoms with van der Waals surface area (Å²) in [4.78, 5) is 30.8. The van der Waals surface area contributed by atoms with Crippen molar-refractivity contribution >= 4 is 23.3 Å². The largest absolute Gasteiger partial charge is 0.329 e. The van der Waals surface area contributed by atoms with Gasteiger partial charge in [-0.15, -0.1) is 0 Å². The Bertz CT molecular complexity index is 1060. The third-order valence-corrected chi connectivity index (χ3v) is 4.20. The van der Waals surface area contributed by atoms with Crippen molar-refractivity contribution in [3.63, 3.8) is 0 Å². The van der Waals surface area contributed by atoms with Crippen LogP contribution in [0.3, 0.4) is 0 Å². The van der Waals surface area contributed by atoms with Crippen molar-refractivity contribution in [3.8, 4) is 0 Å². The van der Waals surface area contributed by atoms with E-state index in [1.807, 2.05) is 31.2 Å². The molecule has 0 unspecified atom stereocenters. The lowest BCUT2D eigenvalue weighted by atomic mass is 10.2. The molecule has 2 aromatic heterocycles. The average molecular weight is 354 g/mol. The maximum atomic E-state index is 12.3. The Morgan fingerprint density at radius 1 is 1.27 bits per heavy atom. The van der Waals surface area contributed by atoms with E-state index >= 15 is 0 Å². The number of fused-ring (bicyclic) bond motifs is 1. The fourth-order valence-electron chi connectivity index (χ4n) is 2.67. The van der Waals surface area contributed by atoms with Crippen LogP contribution in [0, 0.1) is 6.92 Å². The number of aryl methyl sites for hydroxylation is 3. The van der Waals surface area contributed by atoms with Crippen LogP contribution >= 0.6 is 0 Å². The number of aromatic amines is 1. The van der Waals surface area contributed by atoms with E-state index in [0.29, 0.717) is 23.7 Å². The van der Waals surface area contributed by atoms with Gasteiger partial charge in [-0.2, -0.15) is 10.1 Å². The summed E-state index contributed by atoms with van der Waals surface area (Å²) in [5, 5.41) is 4.23. The molecular weight excluding hydrogens is 332 g/mol. The van der Waals surface area contributed by atoms with Crippen LogP contribution in [0.25, 0.3) is 11.2 Å². The number of nitrogens with one attached hydrogen (secondary N) is 2. The van der Waals surface area contributed by atoms with Crippen LogP contribution in [0.5, 0.6) is 0 Å². The molecule has 2 N–H and O–H groups in total. The topological polar surface area (TPSA) is 97.1 Å². The zero-order valence-corrected chi connectivity index (χ0v) is 15.1. The van der Waals surface area contributed by atoms with E-state index in [0.717, 1.165) is 18.4 Å². The van der Waals surface area contributed by atoms with E-state index in [9.17, 15) is 9.59 Å². The first kappa shape index (κ1) is 17.7. The van der Waals surface area contributed by atoms with Gasteiger partial charge in [-0.1, -0.05) is 43.2 Å². The van der Waals surface area contributed by atoms with E-state index in [1.165, 1.54) is 10.1 Å². The Morgan fingerprint density at radius 2 is 2.00 bits per heavy atom. The van der Waals surface area contributed by atoms with Gasteiger partial charge in [0, 0.05) is 13.6 Å². The minimum atomic E-state index is -0.489. The van der Waals surface area contributed by atoms with Crippen molar-refractivity contribution in [2.75, 3.05) is 5.43 Å². The minimum absolute atomic E-state index is 0.336. The van der Waals surface area contributed by atoms with Crippen LogP contribution in [0.2, 0.25) is 0 Å². The molecule has 136 valence electrons. The second kappa shape index (κ2) is 7.38. The van der Waals surface area contributed by atoms with Crippen LogP contribution in [-0.4, -0.2) is 25.3 Å². The molecule has 0 saturated heterocycles. The van der Waals surface area contributed by atoms with Crippen molar-refractivity contribution in [1.82, 2.24) is 19.1 Å². The molecule has 0 radical (unpaired) electrons. The van der Waals surface area contributed by atoms with Gasteiger partial charge in [0.25, 0.3) is 5.56 Å². The summed E-state index contributed by atoms with van der Waals surface area (Å²) in [6, 6.07) is 7.95. The van der Waals surface area contributed by atoms with E-state index in [-0.39, 0.29) is 0 Å². The fourth-order valence-corrected chi connectivity index (χ4v) is 2.67. The van der Waals surface area contributed by atoms with Gasteiger partial charge < -0.3 is 4.57 Å². The summed E-state index contributed by atoms with van der Waals surface area (Å²) in [5.74, 6) is 0.434. The molecule has 8 nitrogen and oxygen atoms in total. The van der Waals surface area contributed by atoms with Gasteiger partial charge in [-0.25, -0.2) is 10.2 Å². The molecule has 3 aromatic rings. The zero-order valence-electron chi connectivity index (χ0n) is 15.1. The Hall–Kier alpha value is -3.16. The summed E-state index contributed by atoms with van der Waals surface area (Å²) < 4.78 is 3.09. The van der Waals surface area contributed by atoms with Gasteiger partial charge in [0.2, 0.25) is 5.95 Å². The molecule has 0 amide bonds. The summed E-state index contributed by atoms with van der Waals surface area (Å²) in [6.45, 7) is 4.70. The highest BCUT2D eigenvalue weighted by Crippen LogP contribution is 2.16. The van der Waals surface area contributed by atoms with Crippen molar-refractivity contribution < 1.29 is 0 Å². The van der Waals surface area contributed by atoms with Gasteiger partial charge in [-0.3, -0.25) is 14.3 Å². The highest BCUT2D eigenvalue weighted by molar-refractivity contribution is 5.80. The predicted molar refractivity (Wildman–Crippen MR) is 103 cm³/mol. The van der Waals surface area contributed by atoms with Gasteiger partial charge in [0.05, 0.1) is 6.21 Å². The lowest BCUT2D eigenvalue weighted by molar-refractivity contribution is 0.647. The lowest BCUT2D eigenvalue weighted by Crippen LogP contribution is -2.29. The van der Waals surface area contributed by atoms with Crippen LogP contribution in [0.4, 0.5) is 5.95 Å². The number of imidazole rings is 1. The third-order valence-electron chi connectivity index (χ3n) is 4.20. The van der Waals surface area contributed by atoms with E-state index in [1.54, 1.807) is 17.8 Å². The third kappa shape index (κ3) is 3.44. The molecule has 0 bridgehead atoms. The van der Waals surface area contributed by atoms with Crippen molar-refractivity contribution in [2.24, 2.45) is 12.1 Å². The van der Waals surface area contributed by atoms with Crippen LogP contribution in [-0.2, 0) is 13.6 Å². The predicted octanol–water partition coefficient (Wildman–Crippen LogP) is 1.98. The zero-order chi connectivity index (χ0) is 18.7. The van der Waals surface area contributed by atoms with E-state index in [4.69, 9.17) is 0 Å². The second-order valence-corrected chi connectivity index (χ2v) is 6.21. The summed E-state index contributed by atoms with van der Waals surface area (Å²) in [7, 11) is 1.58. The quantitative estimate of drug-likeness (QED) is 0.522. The van der Waals surface area contributed by atoms with Gasteiger partial charge in [0.1, 0.15) is 0 Å². The Labute approximate surface area is 150 Å². The van der Waals surface area contributed by atoms with Crippen molar-refractivity contribution in [1.29, 1.82) is 0 Å². The first-order valence-electron chi connectivity index (χ1n) is 8.56. The highest BCUT2D eigenvalue weighted by Gasteiger charge is 2.16. The van der Waals surface area contributed by atoms with Crippen LogP contribution < -0.4 is 16.7 Å². The van der Waals surface area contributed by atoms with E-state index < -0.39 is 11.2 Å². The monoisotopic (exact) mass is 354 g/mol. The van der Waals surface area contributed by atoms with Crippen molar-refractivity contribution in [2.45, 2.75) is 33.2 Å². The standard InChI is InChI=1S/C18H22N6O2/c1-4-5-10-24-14-15(23(3)18(26)21-16(14)25)20-17(24)22-19-11-13-8-6-12(2)7-9-13/h6-9,11H,4-5,10H2,1-3H3,(H,20,22)(H,21,25,26). The molecule has 0 aliphatic rings. The first-order valence-corrected chi connectivity index (χ1v) is 8.56. The van der Waals surface area contributed by atoms with E-state index in [2.05, 4.69) is 27.4 Å². The number of H-pyrrole nitrogens is 1. The molecule has 0 saturated carbocycles. The lowest BCUT2D eigenvalue weighted by Gasteiger charge is -2.06. The number of unbranched alkanes of at least 4 members (excludes halogenated alkanes) is 1. The van der Waals surface area contributed by atoms with Crippen LogP contribution in [0.1, 0.15) is 30.9 Å². The minimum Gasteiger partial charge on any atom is -0.303 e. The SMILES string of the molecule is CCCCn1c(NN=Cc2ccc(C)cc2)nc2c1c(=O)[nH]c(=O)n2C. The maximum Gasteiger partial charge on any atom is 0.329 e. The summed E-state index contributed by atoms with van der Waals surface area (Å²) in [6.07, 6.45) is 3.53. The molecular formula is C18H22N6O2. The summed E-state index contributed by atoms with van der Waals surface area (Å²) >= 11 is 0. The van der Waals surface area contributed by atoms with Gasteiger partial charge >= 0.3 is 5.69 Å². The van der Waals surface area contributed by atoms with Gasteiger partial charge in [0.15, 0.2) is 11.2 Å².